The van der Waals surface area contributed by atoms with Crippen LogP contribution in [0.25, 0.3) is 0 Å². The Morgan fingerprint density at radius 1 is 1.19 bits per heavy atom. The van der Waals surface area contributed by atoms with Crippen LogP contribution >= 0.6 is 0 Å². The Morgan fingerprint density at radius 2 is 1.95 bits per heavy atom. The fourth-order valence-corrected chi connectivity index (χ4v) is 3.75. The van der Waals surface area contributed by atoms with Gasteiger partial charge >= 0.3 is 0 Å². The van der Waals surface area contributed by atoms with Crippen LogP contribution in [-0.4, -0.2) is 72.5 Å². The zero-order valence-corrected chi connectivity index (χ0v) is 14.1. The largest absolute Gasteiger partial charge is 0.392 e. The molecule has 2 aliphatic rings. The van der Waals surface area contributed by atoms with E-state index in [1.54, 1.807) is 0 Å². The second-order valence-corrected chi connectivity index (χ2v) is 7.16. The Labute approximate surface area is 130 Å². The average Bonchev–Trinajstić information content (AvgIpc) is 2.43. The van der Waals surface area contributed by atoms with Crippen molar-refractivity contribution in [2.24, 2.45) is 5.92 Å². The lowest BCUT2D eigenvalue weighted by Gasteiger charge is -2.40. The summed E-state index contributed by atoms with van der Waals surface area (Å²) >= 11 is 0. The summed E-state index contributed by atoms with van der Waals surface area (Å²) in [4.78, 5) is 4.90. The maximum atomic E-state index is 9.52. The quantitative estimate of drug-likeness (QED) is 0.813. The summed E-state index contributed by atoms with van der Waals surface area (Å²) in [6.07, 6.45) is 5.57. The SMILES string of the molecule is C[C@H](O)CN1CCN(CCO[C@@H]2CCCC[C@H]2C)C[C@@H]1C. The fraction of sp³-hybridized carbons (Fsp3) is 1.00. The van der Waals surface area contributed by atoms with Gasteiger partial charge in [-0.05, 0) is 32.6 Å². The highest BCUT2D eigenvalue weighted by Crippen LogP contribution is 2.26. The van der Waals surface area contributed by atoms with Gasteiger partial charge in [0, 0.05) is 38.8 Å². The Morgan fingerprint density at radius 3 is 2.62 bits per heavy atom. The van der Waals surface area contributed by atoms with E-state index in [4.69, 9.17) is 4.74 Å². The maximum Gasteiger partial charge on any atom is 0.0639 e. The molecule has 1 aliphatic heterocycles. The standard InChI is InChI=1S/C17H34N2O2/c1-14-6-4-5-7-17(14)21-11-10-18-8-9-19(13-16(3)20)15(2)12-18/h14-17,20H,4-13H2,1-3H3/t14-,15+,16+,17-/m1/s1. The molecule has 0 unspecified atom stereocenters. The van der Waals surface area contributed by atoms with E-state index in [2.05, 4.69) is 23.6 Å². The van der Waals surface area contributed by atoms with E-state index in [0.717, 1.165) is 45.2 Å². The summed E-state index contributed by atoms with van der Waals surface area (Å²) < 4.78 is 6.13. The van der Waals surface area contributed by atoms with Crippen molar-refractivity contribution < 1.29 is 9.84 Å². The first-order valence-electron chi connectivity index (χ1n) is 8.82. The lowest BCUT2D eigenvalue weighted by atomic mass is 9.88. The molecule has 4 heteroatoms. The molecule has 0 radical (unpaired) electrons. The molecule has 2 fully saturated rings. The van der Waals surface area contributed by atoms with Gasteiger partial charge in [-0.15, -0.1) is 0 Å². The van der Waals surface area contributed by atoms with E-state index in [1.165, 1.54) is 25.7 Å². The molecule has 4 nitrogen and oxygen atoms in total. The number of ether oxygens (including phenoxy) is 1. The van der Waals surface area contributed by atoms with Gasteiger partial charge in [0.15, 0.2) is 0 Å². The molecule has 0 aromatic carbocycles. The Hall–Kier alpha value is -0.160. The molecule has 1 heterocycles. The molecular weight excluding hydrogens is 264 g/mol. The lowest BCUT2D eigenvalue weighted by molar-refractivity contribution is -0.0241. The highest BCUT2D eigenvalue weighted by molar-refractivity contribution is 4.80. The average molecular weight is 298 g/mol. The number of β-amino-alcohol motifs (C(OH)–C–C–N with tert-alkyl or cyclic N) is 1. The molecule has 0 amide bonds. The maximum absolute atomic E-state index is 9.52. The van der Waals surface area contributed by atoms with Crippen LogP contribution in [0, 0.1) is 5.92 Å². The topological polar surface area (TPSA) is 35.9 Å². The number of hydrogen-bond acceptors (Lipinski definition) is 4. The normalized spacial score (nSPS) is 34.0. The summed E-state index contributed by atoms with van der Waals surface area (Å²) in [7, 11) is 0. The van der Waals surface area contributed by atoms with Crippen LogP contribution in [0.1, 0.15) is 46.5 Å². The van der Waals surface area contributed by atoms with Crippen LogP contribution in [0.5, 0.6) is 0 Å². The highest BCUT2D eigenvalue weighted by Gasteiger charge is 2.25. The molecule has 2 rings (SSSR count). The summed E-state index contributed by atoms with van der Waals surface area (Å²) in [5, 5.41) is 9.52. The van der Waals surface area contributed by atoms with E-state index in [0.29, 0.717) is 12.1 Å². The molecule has 124 valence electrons. The van der Waals surface area contributed by atoms with E-state index < -0.39 is 0 Å². The molecule has 0 aromatic heterocycles. The minimum atomic E-state index is -0.227. The van der Waals surface area contributed by atoms with Crippen molar-refractivity contribution in [2.45, 2.75) is 64.7 Å². The van der Waals surface area contributed by atoms with Gasteiger partial charge in [-0.25, -0.2) is 0 Å². The van der Waals surface area contributed by atoms with E-state index in [-0.39, 0.29) is 6.10 Å². The number of aliphatic hydroxyl groups is 1. The molecular formula is C17H34N2O2. The summed E-state index contributed by atoms with van der Waals surface area (Å²) in [5.41, 5.74) is 0. The third-order valence-electron chi connectivity index (χ3n) is 5.12. The molecule has 0 spiro atoms. The smallest absolute Gasteiger partial charge is 0.0639 e. The van der Waals surface area contributed by atoms with Gasteiger partial charge in [0.1, 0.15) is 0 Å². The first kappa shape index (κ1) is 17.2. The van der Waals surface area contributed by atoms with Crippen LogP contribution < -0.4 is 0 Å². The second-order valence-electron chi connectivity index (χ2n) is 7.16. The third-order valence-corrected chi connectivity index (χ3v) is 5.12. The third kappa shape index (κ3) is 5.51. The second kappa shape index (κ2) is 8.47. The van der Waals surface area contributed by atoms with Crippen molar-refractivity contribution in [1.29, 1.82) is 0 Å². The molecule has 1 saturated heterocycles. The number of aliphatic hydroxyl groups excluding tert-OH is 1. The molecule has 4 atom stereocenters. The summed E-state index contributed by atoms with van der Waals surface area (Å²) in [5.74, 6) is 0.737. The van der Waals surface area contributed by atoms with Crippen molar-refractivity contribution in [3.05, 3.63) is 0 Å². The van der Waals surface area contributed by atoms with Crippen molar-refractivity contribution in [3.8, 4) is 0 Å². The number of piperazine rings is 1. The molecule has 0 aromatic rings. The fourth-order valence-electron chi connectivity index (χ4n) is 3.75. The van der Waals surface area contributed by atoms with Crippen molar-refractivity contribution >= 4 is 0 Å². The molecule has 1 saturated carbocycles. The van der Waals surface area contributed by atoms with E-state index in [9.17, 15) is 5.11 Å². The summed E-state index contributed by atoms with van der Waals surface area (Å²) in [6, 6.07) is 0.530. The number of nitrogens with zero attached hydrogens (tertiary/aromatic N) is 2. The zero-order valence-electron chi connectivity index (χ0n) is 14.1. The molecule has 1 aliphatic carbocycles. The van der Waals surface area contributed by atoms with Gasteiger partial charge in [0.25, 0.3) is 0 Å². The zero-order chi connectivity index (χ0) is 15.2. The summed E-state index contributed by atoms with van der Waals surface area (Å²) in [6.45, 7) is 12.4. The molecule has 1 N–H and O–H groups in total. The van der Waals surface area contributed by atoms with Gasteiger partial charge < -0.3 is 9.84 Å². The first-order chi connectivity index (χ1) is 10.1. The Balaban J connectivity index is 1.63. The van der Waals surface area contributed by atoms with E-state index in [1.807, 2.05) is 6.92 Å². The lowest BCUT2D eigenvalue weighted by Crippen LogP contribution is -2.54. The monoisotopic (exact) mass is 298 g/mol. The van der Waals surface area contributed by atoms with Crippen LogP contribution in [0.4, 0.5) is 0 Å². The van der Waals surface area contributed by atoms with Gasteiger partial charge in [0.05, 0.1) is 18.8 Å². The van der Waals surface area contributed by atoms with Gasteiger partial charge in [-0.1, -0.05) is 19.8 Å². The van der Waals surface area contributed by atoms with Crippen LogP contribution in [-0.2, 0) is 4.74 Å². The minimum Gasteiger partial charge on any atom is -0.392 e. The van der Waals surface area contributed by atoms with E-state index >= 15 is 0 Å². The first-order valence-corrected chi connectivity index (χ1v) is 8.82. The highest BCUT2D eigenvalue weighted by atomic mass is 16.5. The number of hydrogen-bond donors (Lipinski definition) is 1. The Bertz CT molecular complexity index is 299. The number of rotatable bonds is 6. The van der Waals surface area contributed by atoms with Crippen molar-refractivity contribution in [1.82, 2.24) is 9.80 Å². The van der Waals surface area contributed by atoms with Crippen molar-refractivity contribution in [2.75, 3.05) is 39.3 Å². The molecule has 0 bridgehead atoms. The predicted octanol–water partition coefficient (Wildman–Crippen LogP) is 1.97. The van der Waals surface area contributed by atoms with Crippen LogP contribution in [0.3, 0.4) is 0 Å². The molecule has 21 heavy (non-hydrogen) atoms. The van der Waals surface area contributed by atoms with Gasteiger partial charge in [-0.3, -0.25) is 9.80 Å². The van der Waals surface area contributed by atoms with Crippen LogP contribution in [0.2, 0.25) is 0 Å². The predicted molar refractivity (Wildman–Crippen MR) is 86.5 cm³/mol. The Kier molecular flexibility index (Phi) is 6.93. The minimum absolute atomic E-state index is 0.227. The van der Waals surface area contributed by atoms with Crippen molar-refractivity contribution in [3.63, 3.8) is 0 Å². The van der Waals surface area contributed by atoms with Gasteiger partial charge in [0.2, 0.25) is 0 Å². The van der Waals surface area contributed by atoms with Gasteiger partial charge in [-0.2, -0.15) is 0 Å². The van der Waals surface area contributed by atoms with Crippen LogP contribution in [0.15, 0.2) is 0 Å².